The van der Waals surface area contributed by atoms with Crippen molar-refractivity contribution in [1.29, 1.82) is 0 Å². The van der Waals surface area contributed by atoms with Crippen molar-refractivity contribution in [2.45, 2.75) is 51.6 Å². The average Bonchev–Trinajstić information content (AvgIpc) is 3.13. The predicted octanol–water partition coefficient (Wildman–Crippen LogP) is 3.33. The molecular weight excluding hydrogens is 210 g/mol. The van der Waals surface area contributed by atoms with Crippen LogP contribution in [0.5, 0.6) is 5.75 Å². The zero-order valence-electron chi connectivity index (χ0n) is 11.1. The Morgan fingerprint density at radius 1 is 1.29 bits per heavy atom. The Balaban J connectivity index is 2.07. The Morgan fingerprint density at radius 3 is 2.65 bits per heavy atom. The predicted molar refractivity (Wildman–Crippen MR) is 71.6 cm³/mol. The molecule has 2 rings (SSSR count). The van der Waals surface area contributed by atoms with Crippen LogP contribution in [0.3, 0.4) is 0 Å². The smallest absolute Gasteiger partial charge is 0.122 e. The summed E-state index contributed by atoms with van der Waals surface area (Å²) in [5, 5.41) is 3.67. The van der Waals surface area contributed by atoms with E-state index in [0.29, 0.717) is 12.0 Å². The van der Waals surface area contributed by atoms with Crippen LogP contribution in [-0.2, 0) is 0 Å². The van der Waals surface area contributed by atoms with Gasteiger partial charge >= 0.3 is 0 Å². The van der Waals surface area contributed by atoms with E-state index in [9.17, 15) is 0 Å². The fraction of sp³-hybridized carbons (Fsp3) is 0.600. The topological polar surface area (TPSA) is 21.3 Å². The Morgan fingerprint density at radius 2 is 2.00 bits per heavy atom. The molecule has 1 fully saturated rings. The van der Waals surface area contributed by atoms with Crippen LogP contribution in [0.1, 0.15) is 45.1 Å². The molecule has 17 heavy (non-hydrogen) atoms. The summed E-state index contributed by atoms with van der Waals surface area (Å²) in [4.78, 5) is 0. The van der Waals surface area contributed by atoms with E-state index < -0.39 is 0 Å². The second kappa shape index (κ2) is 5.54. The van der Waals surface area contributed by atoms with Crippen LogP contribution in [0, 0.1) is 0 Å². The van der Waals surface area contributed by atoms with Crippen molar-refractivity contribution in [3.63, 3.8) is 0 Å². The molecule has 0 heterocycles. The molecule has 0 radical (unpaired) electrons. The molecule has 2 nitrogen and oxygen atoms in total. The third-order valence-electron chi connectivity index (χ3n) is 3.54. The van der Waals surface area contributed by atoms with Crippen molar-refractivity contribution in [3.8, 4) is 5.75 Å². The summed E-state index contributed by atoms with van der Waals surface area (Å²) < 4.78 is 5.70. The maximum Gasteiger partial charge on any atom is 0.122 e. The first-order valence-corrected chi connectivity index (χ1v) is 6.70. The van der Waals surface area contributed by atoms with Gasteiger partial charge < -0.3 is 10.1 Å². The number of hydrogen-bond donors (Lipinski definition) is 1. The molecule has 0 aliphatic heterocycles. The normalized spacial score (nSPS) is 18.8. The van der Waals surface area contributed by atoms with Crippen LogP contribution in [-0.4, -0.2) is 18.7 Å². The first-order chi connectivity index (χ1) is 8.22. The van der Waals surface area contributed by atoms with Gasteiger partial charge in [0.05, 0.1) is 6.61 Å². The maximum atomic E-state index is 5.70. The van der Waals surface area contributed by atoms with Gasteiger partial charge in [-0.2, -0.15) is 0 Å². The fourth-order valence-corrected chi connectivity index (χ4v) is 2.18. The minimum Gasteiger partial charge on any atom is -0.494 e. The molecule has 0 amide bonds. The highest BCUT2D eigenvalue weighted by molar-refractivity contribution is 5.36. The molecule has 0 bridgehead atoms. The summed E-state index contributed by atoms with van der Waals surface area (Å²) in [6.45, 7) is 7.31. The van der Waals surface area contributed by atoms with Crippen molar-refractivity contribution in [2.24, 2.45) is 0 Å². The third kappa shape index (κ3) is 3.22. The highest BCUT2D eigenvalue weighted by Crippen LogP contribution is 2.30. The van der Waals surface area contributed by atoms with Gasteiger partial charge in [0.1, 0.15) is 5.75 Å². The Hall–Kier alpha value is -1.02. The van der Waals surface area contributed by atoms with Crippen LogP contribution < -0.4 is 10.1 Å². The summed E-state index contributed by atoms with van der Waals surface area (Å²) in [5.41, 5.74) is 1.31. The molecule has 2 atom stereocenters. The summed E-state index contributed by atoms with van der Waals surface area (Å²) in [5.74, 6) is 1.52. The zero-order valence-corrected chi connectivity index (χ0v) is 11.1. The van der Waals surface area contributed by atoms with Gasteiger partial charge in [0.25, 0.3) is 0 Å². The quantitative estimate of drug-likeness (QED) is 0.813. The molecule has 1 N–H and O–H groups in total. The Labute approximate surface area is 104 Å². The lowest BCUT2D eigenvalue weighted by molar-refractivity contribution is 0.331. The number of hydrogen-bond acceptors (Lipinski definition) is 2. The van der Waals surface area contributed by atoms with Crippen molar-refractivity contribution in [1.82, 2.24) is 5.32 Å². The molecule has 1 aromatic carbocycles. The third-order valence-corrected chi connectivity index (χ3v) is 3.54. The van der Waals surface area contributed by atoms with Crippen LogP contribution >= 0.6 is 0 Å². The summed E-state index contributed by atoms with van der Waals surface area (Å²) in [6.07, 6.45) is 2.67. The summed E-state index contributed by atoms with van der Waals surface area (Å²) in [7, 11) is 0. The lowest BCUT2D eigenvalue weighted by Crippen LogP contribution is -2.32. The van der Waals surface area contributed by atoms with E-state index in [1.54, 1.807) is 0 Å². The lowest BCUT2D eigenvalue weighted by Gasteiger charge is -2.23. The number of benzene rings is 1. The molecule has 2 heteroatoms. The summed E-state index contributed by atoms with van der Waals surface area (Å²) in [6, 6.07) is 9.65. The first kappa shape index (κ1) is 12.4. The van der Waals surface area contributed by atoms with Gasteiger partial charge in [0.2, 0.25) is 0 Å². The van der Waals surface area contributed by atoms with Crippen LogP contribution in [0.15, 0.2) is 24.3 Å². The van der Waals surface area contributed by atoms with Crippen molar-refractivity contribution in [3.05, 3.63) is 29.8 Å². The van der Waals surface area contributed by atoms with Crippen LogP contribution in [0.4, 0.5) is 0 Å². The Bertz CT molecular complexity index is 360. The highest BCUT2D eigenvalue weighted by Gasteiger charge is 2.26. The van der Waals surface area contributed by atoms with E-state index >= 15 is 0 Å². The standard InChI is InChI=1S/C15H23NO/c1-4-17-15-8-6-5-7-14(15)11(2)12(3)16-13-9-10-13/h5-8,11-13,16H,4,9-10H2,1-3H3. The second-order valence-electron chi connectivity index (χ2n) is 4.99. The average molecular weight is 233 g/mol. The van der Waals surface area contributed by atoms with Gasteiger partial charge in [-0.15, -0.1) is 0 Å². The van der Waals surface area contributed by atoms with Crippen molar-refractivity contribution < 1.29 is 4.74 Å². The fourth-order valence-electron chi connectivity index (χ4n) is 2.18. The number of ether oxygens (including phenoxy) is 1. The van der Waals surface area contributed by atoms with Crippen LogP contribution in [0.25, 0.3) is 0 Å². The number of nitrogens with one attached hydrogen (secondary N) is 1. The second-order valence-corrected chi connectivity index (χ2v) is 4.99. The van der Waals surface area contributed by atoms with E-state index in [1.807, 2.05) is 13.0 Å². The van der Waals surface area contributed by atoms with Crippen molar-refractivity contribution in [2.75, 3.05) is 6.61 Å². The molecule has 2 unspecified atom stereocenters. The van der Waals surface area contributed by atoms with E-state index in [1.165, 1.54) is 18.4 Å². The van der Waals surface area contributed by atoms with Gasteiger partial charge in [-0.3, -0.25) is 0 Å². The molecule has 1 aliphatic rings. The first-order valence-electron chi connectivity index (χ1n) is 6.70. The van der Waals surface area contributed by atoms with Gasteiger partial charge in [0.15, 0.2) is 0 Å². The van der Waals surface area contributed by atoms with E-state index in [2.05, 4.69) is 37.4 Å². The monoisotopic (exact) mass is 233 g/mol. The largest absolute Gasteiger partial charge is 0.494 e. The number of para-hydroxylation sites is 1. The summed E-state index contributed by atoms with van der Waals surface area (Å²) >= 11 is 0. The van der Waals surface area contributed by atoms with E-state index in [-0.39, 0.29) is 0 Å². The maximum absolute atomic E-state index is 5.70. The molecule has 0 aromatic heterocycles. The van der Waals surface area contributed by atoms with Gasteiger partial charge in [0, 0.05) is 12.1 Å². The van der Waals surface area contributed by atoms with Gasteiger partial charge in [-0.05, 0) is 44.2 Å². The van der Waals surface area contributed by atoms with E-state index in [0.717, 1.165) is 18.4 Å². The van der Waals surface area contributed by atoms with Crippen LogP contribution in [0.2, 0.25) is 0 Å². The lowest BCUT2D eigenvalue weighted by atomic mass is 9.93. The SMILES string of the molecule is CCOc1ccccc1C(C)C(C)NC1CC1. The Kier molecular flexibility index (Phi) is 4.06. The number of rotatable bonds is 6. The molecule has 1 aliphatic carbocycles. The minimum atomic E-state index is 0.485. The molecule has 1 saturated carbocycles. The molecule has 0 saturated heterocycles. The van der Waals surface area contributed by atoms with Gasteiger partial charge in [-0.1, -0.05) is 25.1 Å². The zero-order chi connectivity index (χ0) is 12.3. The minimum absolute atomic E-state index is 0.485. The molecule has 94 valence electrons. The molecule has 0 spiro atoms. The van der Waals surface area contributed by atoms with Crippen molar-refractivity contribution >= 4 is 0 Å². The molecular formula is C15H23NO. The highest BCUT2D eigenvalue weighted by atomic mass is 16.5. The molecule has 1 aromatic rings. The van der Waals surface area contributed by atoms with Gasteiger partial charge in [-0.25, -0.2) is 0 Å². The van der Waals surface area contributed by atoms with E-state index in [4.69, 9.17) is 4.74 Å².